The number of carbonyl (C=O) groups is 1. The fraction of sp³-hybridized carbons (Fsp3) is 0.107. The number of benzene rings is 3. The number of hydrogen-bond acceptors (Lipinski definition) is 4. The van der Waals surface area contributed by atoms with Gasteiger partial charge in [-0.2, -0.15) is 10.2 Å². The van der Waals surface area contributed by atoms with Gasteiger partial charge in [0.1, 0.15) is 0 Å². The number of H-pyrrole nitrogens is 2. The van der Waals surface area contributed by atoms with Crippen molar-refractivity contribution in [2.24, 2.45) is 0 Å². The van der Waals surface area contributed by atoms with Crippen LogP contribution in [0.2, 0.25) is 0 Å². The molecule has 34 heavy (non-hydrogen) atoms. The lowest BCUT2D eigenvalue weighted by atomic mass is 10.0. The summed E-state index contributed by atoms with van der Waals surface area (Å²) in [6.45, 7) is 3.31. The fourth-order valence-corrected chi connectivity index (χ4v) is 3.90. The predicted octanol–water partition coefficient (Wildman–Crippen LogP) is 6.06. The van der Waals surface area contributed by atoms with E-state index in [9.17, 15) is 9.90 Å². The van der Waals surface area contributed by atoms with Crippen LogP contribution >= 0.6 is 0 Å². The second kappa shape index (κ2) is 8.92. The molecule has 1 unspecified atom stereocenters. The zero-order valence-electron chi connectivity index (χ0n) is 18.9. The molecule has 1 atom stereocenters. The van der Waals surface area contributed by atoms with E-state index in [-0.39, 0.29) is 5.78 Å². The van der Waals surface area contributed by atoms with Crippen LogP contribution in [-0.4, -0.2) is 31.3 Å². The van der Waals surface area contributed by atoms with Crippen molar-refractivity contribution < 1.29 is 9.90 Å². The molecule has 0 saturated carbocycles. The van der Waals surface area contributed by atoms with Crippen LogP contribution in [0.3, 0.4) is 0 Å². The maximum atomic E-state index is 11.5. The maximum Gasteiger partial charge on any atom is 0.159 e. The monoisotopic (exact) mass is 448 g/mol. The van der Waals surface area contributed by atoms with Crippen LogP contribution < -0.4 is 0 Å². The second-order valence-corrected chi connectivity index (χ2v) is 8.35. The molecule has 2 aromatic heterocycles. The normalized spacial score (nSPS) is 12.0. The molecule has 2 heterocycles. The standard InChI is InChI=1S/C28H24N4O2/c1-17(33)19-6-10-21(11-7-19)25-15-27(31-29-25)23-4-3-5-24(14-23)28-16-26(30-32-28)22-12-8-20(9-13-22)18(2)34/h3-17,33H,1-2H3,(H,29,31)(H,30,32). The van der Waals surface area contributed by atoms with E-state index in [1.165, 1.54) is 0 Å². The summed E-state index contributed by atoms with van der Waals surface area (Å²) in [6, 6.07) is 27.4. The lowest BCUT2D eigenvalue weighted by molar-refractivity contribution is 0.101. The number of aromatic amines is 2. The molecule has 0 saturated heterocycles. The first kappa shape index (κ1) is 21.6. The molecular weight excluding hydrogens is 424 g/mol. The van der Waals surface area contributed by atoms with Gasteiger partial charge in [0.25, 0.3) is 0 Å². The van der Waals surface area contributed by atoms with Crippen LogP contribution in [0, 0.1) is 0 Å². The number of Topliss-reactive ketones (excluding diaryl/α,β-unsaturated/α-hetero) is 1. The third-order valence-corrected chi connectivity index (χ3v) is 5.92. The van der Waals surface area contributed by atoms with Gasteiger partial charge in [-0.25, -0.2) is 0 Å². The van der Waals surface area contributed by atoms with Crippen LogP contribution in [0.5, 0.6) is 0 Å². The number of nitrogens with zero attached hydrogens (tertiary/aromatic N) is 2. The minimum atomic E-state index is -0.489. The van der Waals surface area contributed by atoms with Gasteiger partial charge in [-0.05, 0) is 48.7 Å². The smallest absolute Gasteiger partial charge is 0.159 e. The first-order chi connectivity index (χ1) is 16.5. The van der Waals surface area contributed by atoms with E-state index in [4.69, 9.17) is 0 Å². The van der Waals surface area contributed by atoms with Crippen molar-refractivity contribution in [3.63, 3.8) is 0 Å². The molecule has 0 aliphatic rings. The molecule has 168 valence electrons. The second-order valence-electron chi connectivity index (χ2n) is 8.35. The summed E-state index contributed by atoms with van der Waals surface area (Å²) >= 11 is 0. The predicted molar refractivity (Wildman–Crippen MR) is 133 cm³/mol. The van der Waals surface area contributed by atoms with Crippen LogP contribution in [-0.2, 0) is 0 Å². The zero-order chi connectivity index (χ0) is 23.7. The molecule has 0 bridgehead atoms. The fourth-order valence-electron chi connectivity index (χ4n) is 3.90. The zero-order valence-corrected chi connectivity index (χ0v) is 18.9. The highest BCUT2D eigenvalue weighted by molar-refractivity contribution is 5.94. The van der Waals surface area contributed by atoms with Gasteiger partial charge in [0.2, 0.25) is 0 Å². The van der Waals surface area contributed by atoms with Crippen LogP contribution in [0.25, 0.3) is 45.0 Å². The molecule has 0 aliphatic heterocycles. The Morgan fingerprint density at radius 3 is 1.71 bits per heavy atom. The van der Waals surface area contributed by atoms with Gasteiger partial charge in [0.15, 0.2) is 5.78 Å². The summed E-state index contributed by atoms with van der Waals surface area (Å²) in [5.74, 6) is 0.0481. The first-order valence-corrected chi connectivity index (χ1v) is 11.1. The molecule has 3 N–H and O–H groups in total. The molecule has 6 nitrogen and oxygen atoms in total. The van der Waals surface area contributed by atoms with Crippen LogP contribution in [0.15, 0.2) is 84.9 Å². The number of aliphatic hydroxyl groups is 1. The molecule has 5 aromatic rings. The van der Waals surface area contributed by atoms with Crippen molar-refractivity contribution in [2.75, 3.05) is 0 Å². The van der Waals surface area contributed by atoms with Gasteiger partial charge >= 0.3 is 0 Å². The minimum Gasteiger partial charge on any atom is -0.389 e. The van der Waals surface area contributed by atoms with E-state index < -0.39 is 6.10 Å². The number of ketones is 1. The van der Waals surface area contributed by atoms with Gasteiger partial charge < -0.3 is 5.11 Å². The van der Waals surface area contributed by atoms with Crippen molar-refractivity contribution in [3.8, 4) is 45.0 Å². The third-order valence-electron chi connectivity index (χ3n) is 5.92. The highest BCUT2D eigenvalue weighted by Crippen LogP contribution is 2.29. The Balaban J connectivity index is 1.39. The molecule has 0 amide bonds. The SMILES string of the molecule is CC(=O)c1ccc(-c2cc(-c3cccc(-c4cc(-c5ccc(C(C)O)cc5)[nH]n4)c3)n[nH]2)cc1. The Hall–Kier alpha value is -4.29. The summed E-state index contributed by atoms with van der Waals surface area (Å²) < 4.78 is 0. The van der Waals surface area contributed by atoms with Crippen molar-refractivity contribution in [3.05, 3.63) is 96.1 Å². The van der Waals surface area contributed by atoms with Gasteiger partial charge in [0.05, 0.1) is 28.9 Å². The highest BCUT2D eigenvalue weighted by atomic mass is 16.3. The molecule has 3 aromatic carbocycles. The number of aromatic nitrogens is 4. The Kier molecular flexibility index (Phi) is 5.65. The first-order valence-electron chi connectivity index (χ1n) is 11.1. The Morgan fingerprint density at radius 2 is 1.24 bits per heavy atom. The molecule has 0 aliphatic carbocycles. The van der Waals surface area contributed by atoms with Crippen LogP contribution in [0.1, 0.15) is 35.9 Å². The van der Waals surface area contributed by atoms with Crippen molar-refractivity contribution >= 4 is 5.78 Å². The summed E-state index contributed by atoms with van der Waals surface area (Å²) in [4.78, 5) is 11.5. The third kappa shape index (κ3) is 4.31. The number of rotatable bonds is 6. The highest BCUT2D eigenvalue weighted by Gasteiger charge is 2.11. The van der Waals surface area contributed by atoms with E-state index in [0.29, 0.717) is 5.56 Å². The van der Waals surface area contributed by atoms with Crippen molar-refractivity contribution in [1.82, 2.24) is 20.4 Å². The van der Waals surface area contributed by atoms with E-state index >= 15 is 0 Å². The van der Waals surface area contributed by atoms with E-state index in [1.54, 1.807) is 13.8 Å². The van der Waals surface area contributed by atoms with Gasteiger partial charge in [-0.1, -0.05) is 66.7 Å². The van der Waals surface area contributed by atoms with E-state index in [0.717, 1.165) is 50.6 Å². The molecule has 0 radical (unpaired) electrons. The number of hydrogen-bond donors (Lipinski definition) is 3. The van der Waals surface area contributed by atoms with Crippen LogP contribution in [0.4, 0.5) is 0 Å². The largest absolute Gasteiger partial charge is 0.389 e. The molecule has 6 heteroatoms. The molecule has 0 fully saturated rings. The summed E-state index contributed by atoms with van der Waals surface area (Å²) in [6.07, 6.45) is -0.489. The summed E-state index contributed by atoms with van der Waals surface area (Å²) in [7, 11) is 0. The Bertz CT molecular complexity index is 1440. The van der Waals surface area contributed by atoms with Gasteiger partial charge in [-0.15, -0.1) is 0 Å². The lowest BCUT2D eigenvalue weighted by Crippen LogP contribution is -1.90. The molecular formula is C28H24N4O2. The molecule has 0 spiro atoms. The van der Waals surface area contributed by atoms with Crippen molar-refractivity contribution in [2.45, 2.75) is 20.0 Å². The van der Waals surface area contributed by atoms with E-state index in [2.05, 4.69) is 26.5 Å². The molecule has 5 rings (SSSR count). The Labute approximate surface area is 197 Å². The van der Waals surface area contributed by atoms with Gasteiger partial charge in [0, 0.05) is 16.7 Å². The maximum absolute atomic E-state index is 11.5. The summed E-state index contributed by atoms with van der Waals surface area (Å²) in [5, 5.41) is 24.9. The average Bonchev–Trinajstić information content (AvgIpc) is 3.55. The Morgan fingerprint density at radius 1 is 0.735 bits per heavy atom. The number of nitrogens with one attached hydrogen (secondary N) is 2. The summed E-state index contributed by atoms with van der Waals surface area (Å²) in [5.41, 5.74) is 8.97. The minimum absolute atomic E-state index is 0.0481. The van der Waals surface area contributed by atoms with Gasteiger partial charge in [-0.3, -0.25) is 15.0 Å². The number of carbonyl (C=O) groups excluding carboxylic acids is 1. The van der Waals surface area contributed by atoms with E-state index in [1.807, 2.05) is 78.9 Å². The van der Waals surface area contributed by atoms with Crippen molar-refractivity contribution in [1.29, 1.82) is 0 Å². The average molecular weight is 449 g/mol. The lowest BCUT2D eigenvalue weighted by Gasteiger charge is -2.04. The number of aliphatic hydroxyl groups excluding tert-OH is 1. The topological polar surface area (TPSA) is 94.7 Å². The quantitative estimate of drug-likeness (QED) is 0.275.